The van der Waals surface area contributed by atoms with E-state index in [9.17, 15) is 12.8 Å². The first-order valence-corrected chi connectivity index (χ1v) is 8.43. The monoisotopic (exact) mass is 315 g/mol. The van der Waals surface area contributed by atoms with E-state index in [4.69, 9.17) is 5.73 Å². The molecule has 0 aliphatic carbocycles. The molecular weight excluding hydrogens is 293 g/mol. The molecule has 7 heteroatoms. The van der Waals surface area contributed by atoms with E-state index in [-0.39, 0.29) is 22.2 Å². The number of sulfonamides is 1. The summed E-state index contributed by atoms with van der Waals surface area (Å²) in [5.74, 6) is -0.714. The van der Waals surface area contributed by atoms with Crippen LogP contribution in [0.3, 0.4) is 0 Å². The summed E-state index contributed by atoms with van der Waals surface area (Å²) in [6, 6.07) is 2.44. The molecular formula is C14H22FN3O2S. The molecule has 1 saturated heterocycles. The van der Waals surface area contributed by atoms with E-state index < -0.39 is 15.8 Å². The molecule has 0 radical (unpaired) electrons. The van der Waals surface area contributed by atoms with Crippen LogP contribution in [0.25, 0.3) is 0 Å². The van der Waals surface area contributed by atoms with Crippen molar-refractivity contribution in [2.75, 3.05) is 32.4 Å². The summed E-state index contributed by atoms with van der Waals surface area (Å²) in [6.45, 7) is 5.21. The summed E-state index contributed by atoms with van der Waals surface area (Å²) in [4.78, 5) is 1.76. The van der Waals surface area contributed by atoms with Crippen molar-refractivity contribution in [1.82, 2.24) is 9.21 Å². The molecule has 0 saturated carbocycles. The van der Waals surface area contributed by atoms with Crippen LogP contribution < -0.4 is 5.73 Å². The topological polar surface area (TPSA) is 66.6 Å². The second-order valence-corrected chi connectivity index (χ2v) is 7.59. The van der Waals surface area contributed by atoms with Crippen molar-refractivity contribution < 1.29 is 12.8 Å². The first-order chi connectivity index (χ1) is 9.73. The van der Waals surface area contributed by atoms with Crippen molar-refractivity contribution in [2.45, 2.75) is 31.2 Å². The van der Waals surface area contributed by atoms with Gasteiger partial charge in [0, 0.05) is 24.8 Å². The predicted molar refractivity (Wildman–Crippen MR) is 81.0 cm³/mol. The Morgan fingerprint density at radius 2 is 2.00 bits per heavy atom. The Morgan fingerprint density at radius 3 is 2.67 bits per heavy atom. The number of hydrogen-bond acceptors (Lipinski definition) is 4. The van der Waals surface area contributed by atoms with Crippen LogP contribution in [0, 0.1) is 12.7 Å². The van der Waals surface area contributed by atoms with Crippen LogP contribution in [0.2, 0.25) is 0 Å². The highest BCUT2D eigenvalue weighted by Crippen LogP contribution is 2.27. The maximum atomic E-state index is 14.3. The maximum absolute atomic E-state index is 14.3. The number of rotatable bonds is 2. The molecule has 0 amide bonds. The molecule has 1 fully saturated rings. The zero-order chi connectivity index (χ0) is 15.8. The van der Waals surface area contributed by atoms with E-state index in [1.54, 1.807) is 0 Å². The number of nitrogens with zero attached hydrogens (tertiary/aromatic N) is 2. The van der Waals surface area contributed by atoms with Crippen LogP contribution in [0.1, 0.15) is 18.9 Å². The van der Waals surface area contributed by atoms with Gasteiger partial charge in [-0.1, -0.05) is 0 Å². The van der Waals surface area contributed by atoms with Crippen LogP contribution in [-0.2, 0) is 10.0 Å². The molecule has 1 aliphatic rings. The summed E-state index contributed by atoms with van der Waals surface area (Å²) in [7, 11) is -1.93. The van der Waals surface area contributed by atoms with Gasteiger partial charge in [-0.15, -0.1) is 0 Å². The molecule has 21 heavy (non-hydrogen) atoms. The number of hydrogen-bond donors (Lipinski definition) is 1. The average Bonchev–Trinajstić information content (AvgIpc) is 2.54. The van der Waals surface area contributed by atoms with Gasteiger partial charge in [0.25, 0.3) is 0 Å². The Bertz CT molecular complexity index is 633. The molecule has 2 rings (SSSR count). The largest absolute Gasteiger partial charge is 0.399 e. The van der Waals surface area contributed by atoms with Crippen LogP contribution in [0.15, 0.2) is 17.0 Å². The average molecular weight is 315 g/mol. The minimum absolute atomic E-state index is 0.205. The lowest BCUT2D eigenvalue weighted by atomic mass is 10.2. The van der Waals surface area contributed by atoms with Crippen LogP contribution in [0.4, 0.5) is 10.1 Å². The summed E-state index contributed by atoms with van der Waals surface area (Å²) in [5, 5.41) is 0. The highest BCUT2D eigenvalue weighted by molar-refractivity contribution is 7.89. The Labute approximate surface area is 125 Å². The van der Waals surface area contributed by atoms with Gasteiger partial charge in [0.15, 0.2) is 0 Å². The third-order valence-corrected chi connectivity index (χ3v) is 5.83. The first kappa shape index (κ1) is 16.2. The second kappa shape index (κ2) is 5.90. The number of nitrogens with two attached hydrogens (primary N) is 1. The predicted octanol–water partition coefficient (Wildman–Crippen LogP) is 1.43. The van der Waals surface area contributed by atoms with Gasteiger partial charge in [-0.3, -0.25) is 0 Å². The van der Waals surface area contributed by atoms with E-state index in [1.165, 1.54) is 23.4 Å². The van der Waals surface area contributed by atoms with E-state index in [0.717, 1.165) is 13.0 Å². The minimum atomic E-state index is -3.88. The van der Waals surface area contributed by atoms with Crippen molar-refractivity contribution >= 4 is 15.7 Å². The number of likely N-dealkylation sites (N-methyl/N-ethyl adjacent to an activating group) is 1. The highest BCUT2D eigenvalue weighted by atomic mass is 32.2. The molecule has 0 spiro atoms. The fraction of sp³-hybridized carbons (Fsp3) is 0.571. The van der Waals surface area contributed by atoms with Gasteiger partial charge in [-0.05, 0) is 51.6 Å². The molecule has 1 aromatic carbocycles. The quantitative estimate of drug-likeness (QED) is 0.839. The summed E-state index contributed by atoms with van der Waals surface area (Å²) < 4.78 is 41.2. The molecule has 0 aromatic heterocycles. The van der Waals surface area contributed by atoms with Crippen molar-refractivity contribution in [2.24, 2.45) is 0 Å². The number of nitrogen functional groups attached to an aromatic ring is 1. The lowest BCUT2D eigenvalue weighted by Crippen LogP contribution is -2.42. The van der Waals surface area contributed by atoms with Crippen LogP contribution in [-0.4, -0.2) is 50.3 Å². The maximum Gasteiger partial charge on any atom is 0.246 e. The third-order valence-electron chi connectivity index (χ3n) is 3.82. The molecule has 2 N–H and O–H groups in total. The highest BCUT2D eigenvalue weighted by Gasteiger charge is 2.33. The Hall–Kier alpha value is -1.18. The third kappa shape index (κ3) is 3.20. The molecule has 1 atom stereocenters. The normalized spacial score (nSPS) is 22.2. The van der Waals surface area contributed by atoms with Crippen molar-refractivity contribution in [1.29, 1.82) is 0 Å². The van der Waals surface area contributed by atoms with Crippen LogP contribution >= 0.6 is 0 Å². The molecule has 1 heterocycles. The molecule has 0 bridgehead atoms. The zero-order valence-corrected chi connectivity index (χ0v) is 13.5. The number of aryl methyl sites for hydroxylation is 1. The van der Waals surface area contributed by atoms with Crippen molar-refractivity contribution in [3.05, 3.63) is 23.5 Å². The first-order valence-electron chi connectivity index (χ1n) is 6.99. The number of anilines is 1. The zero-order valence-electron chi connectivity index (χ0n) is 12.6. The molecule has 1 aromatic rings. The molecule has 118 valence electrons. The SMILES string of the molecule is Cc1cc(N)cc(S(=O)(=O)N2CCCN(C)CC2C)c1F. The fourth-order valence-electron chi connectivity index (χ4n) is 2.79. The summed E-state index contributed by atoms with van der Waals surface area (Å²) in [5.41, 5.74) is 6.18. The van der Waals surface area contributed by atoms with E-state index in [2.05, 4.69) is 4.90 Å². The summed E-state index contributed by atoms with van der Waals surface area (Å²) >= 11 is 0. The minimum Gasteiger partial charge on any atom is -0.399 e. The Kier molecular flexibility index (Phi) is 4.55. The van der Waals surface area contributed by atoms with Gasteiger partial charge >= 0.3 is 0 Å². The lowest BCUT2D eigenvalue weighted by Gasteiger charge is -2.27. The Morgan fingerprint density at radius 1 is 1.33 bits per heavy atom. The van der Waals surface area contributed by atoms with E-state index in [1.807, 2.05) is 14.0 Å². The number of benzene rings is 1. The van der Waals surface area contributed by atoms with Gasteiger partial charge in [-0.2, -0.15) is 4.31 Å². The van der Waals surface area contributed by atoms with Gasteiger partial charge < -0.3 is 10.6 Å². The van der Waals surface area contributed by atoms with Crippen molar-refractivity contribution in [3.8, 4) is 0 Å². The fourth-order valence-corrected chi connectivity index (χ4v) is 4.62. The van der Waals surface area contributed by atoms with Gasteiger partial charge in [-0.25, -0.2) is 12.8 Å². The second-order valence-electron chi connectivity index (χ2n) is 5.73. The number of halogens is 1. The van der Waals surface area contributed by atoms with Crippen molar-refractivity contribution in [3.63, 3.8) is 0 Å². The lowest BCUT2D eigenvalue weighted by molar-refractivity contribution is 0.290. The molecule has 5 nitrogen and oxygen atoms in total. The van der Waals surface area contributed by atoms with Crippen LogP contribution in [0.5, 0.6) is 0 Å². The summed E-state index contributed by atoms with van der Waals surface area (Å²) in [6.07, 6.45) is 0.725. The molecule has 1 unspecified atom stereocenters. The standard InChI is InChI=1S/C14H22FN3O2S/c1-10-7-12(16)8-13(14(10)15)21(19,20)18-6-4-5-17(3)9-11(18)2/h7-8,11H,4-6,9,16H2,1-3H3. The van der Waals surface area contributed by atoms with E-state index in [0.29, 0.717) is 13.1 Å². The van der Waals surface area contributed by atoms with Gasteiger partial charge in [0.1, 0.15) is 10.7 Å². The van der Waals surface area contributed by atoms with E-state index >= 15 is 0 Å². The van der Waals surface area contributed by atoms with Gasteiger partial charge in [0.2, 0.25) is 10.0 Å². The smallest absolute Gasteiger partial charge is 0.246 e. The van der Waals surface area contributed by atoms with Gasteiger partial charge in [0.05, 0.1) is 0 Å². The molecule has 1 aliphatic heterocycles. The Balaban J connectivity index is 2.46.